The number of rotatable bonds is 4. The molecular formula is C19H18N4O3. The summed E-state index contributed by atoms with van der Waals surface area (Å²) in [5.74, 6) is 1.42. The lowest BCUT2D eigenvalue weighted by Crippen LogP contribution is -2.33. The molecule has 2 aromatic carbocycles. The normalized spacial score (nSPS) is 15.5. The number of hydrogen-bond donors (Lipinski definition) is 1. The van der Waals surface area contributed by atoms with E-state index < -0.39 is 0 Å². The number of para-hydroxylation sites is 2. The Kier molecular flexibility index (Phi) is 4.27. The van der Waals surface area contributed by atoms with E-state index in [0.717, 1.165) is 28.4 Å². The van der Waals surface area contributed by atoms with Crippen LogP contribution >= 0.6 is 0 Å². The smallest absolute Gasteiger partial charge is 0.221 e. The lowest BCUT2D eigenvalue weighted by Gasteiger charge is -2.26. The molecule has 0 bridgehead atoms. The fourth-order valence-corrected chi connectivity index (χ4v) is 2.81. The van der Waals surface area contributed by atoms with Gasteiger partial charge in [0.05, 0.1) is 12.7 Å². The first-order valence-electron chi connectivity index (χ1n) is 8.34. The fraction of sp³-hybridized carbons (Fsp3) is 0.211. The van der Waals surface area contributed by atoms with Crippen LogP contribution in [0.2, 0.25) is 0 Å². The van der Waals surface area contributed by atoms with Crippen molar-refractivity contribution in [2.75, 3.05) is 11.9 Å². The van der Waals surface area contributed by atoms with Crippen molar-refractivity contribution in [3.05, 3.63) is 54.7 Å². The summed E-state index contributed by atoms with van der Waals surface area (Å²) >= 11 is 0. The van der Waals surface area contributed by atoms with Crippen LogP contribution in [0, 0.1) is 0 Å². The van der Waals surface area contributed by atoms with E-state index in [1.807, 2.05) is 54.7 Å². The van der Waals surface area contributed by atoms with Gasteiger partial charge in [-0.1, -0.05) is 29.5 Å². The summed E-state index contributed by atoms with van der Waals surface area (Å²) in [7, 11) is 0. The molecule has 2 heterocycles. The van der Waals surface area contributed by atoms with Gasteiger partial charge < -0.3 is 14.8 Å². The number of ether oxygens (including phenoxy) is 2. The van der Waals surface area contributed by atoms with Gasteiger partial charge in [-0.15, -0.1) is 5.10 Å². The molecule has 4 rings (SSSR count). The monoisotopic (exact) mass is 350 g/mol. The van der Waals surface area contributed by atoms with Crippen LogP contribution in [0.5, 0.6) is 11.5 Å². The van der Waals surface area contributed by atoms with E-state index in [4.69, 9.17) is 9.47 Å². The molecule has 26 heavy (non-hydrogen) atoms. The number of fused-ring (bicyclic) bond motifs is 1. The molecule has 1 N–H and O–H groups in total. The Morgan fingerprint density at radius 3 is 2.73 bits per heavy atom. The van der Waals surface area contributed by atoms with Crippen LogP contribution in [0.4, 0.5) is 5.69 Å². The molecule has 0 saturated carbocycles. The first-order chi connectivity index (χ1) is 12.7. The first kappa shape index (κ1) is 16.1. The van der Waals surface area contributed by atoms with Gasteiger partial charge in [0.25, 0.3) is 0 Å². The number of carbonyl (C=O) groups excluding carboxylic acids is 1. The van der Waals surface area contributed by atoms with Gasteiger partial charge >= 0.3 is 0 Å². The summed E-state index contributed by atoms with van der Waals surface area (Å²) in [5.41, 5.74) is 2.44. The number of hydrogen-bond acceptors (Lipinski definition) is 5. The van der Waals surface area contributed by atoms with E-state index >= 15 is 0 Å². The Hall–Kier alpha value is -3.35. The second-order valence-electron chi connectivity index (χ2n) is 6.08. The van der Waals surface area contributed by atoms with Crippen molar-refractivity contribution in [2.24, 2.45) is 0 Å². The van der Waals surface area contributed by atoms with Gasteiger partial charge in [-0.3, -0.25) is 4.79 Å². The van der Waals surface area contributed by atoms with Gasteiger partial charge in [0, 0.05) is 18.2 Å². The van der Waals surface area contributed by atoms with Crippen LogP contribution in [0.3, 0.4) is 0 Å². The highest BCUT2D eigenvalue weighted by Gasteiger charge is 2.21. The maximum atomic E-state index is 11.1. The van der Waals surface area contributed by atoms with Crippen molar-refractivity contribution < 1.29 is 14.3 Å². The number of carbonyl (C=O) groups is 1. The summed E-state index contributed by atoms with van der Waals surface area (Å²) in [5, 5.41) is 11.1. The third-order valence-corrected chi connectivity index (χ3v) is 4.00. The van der Waals surface area contributed by atoms with Crippen molar-refractivity contribution >= 4 is 11.6 Å². The van der Waals surface area contributed by atoms with Crippen molar-refractivity contribution in [3.63, 3.8) is 0 Å². The molecule has 1 unspecified atom stereocenters. The zero-order valence-electron chi connectivity index (χ0n) is 14.3. The summed E-state index contributed by atoms with van der Waals surface area (Å²) in [6, 6.07) is 15.1. The lowest BCUT2D eigenvalue weighted by molar-refractivity contribution is -0.114. The highest BCUT2D eigenvalue weighted by molar-refractivity contribution is 5.88. The number of nitrogens with zero attached hydrogens (tertiary/aromatic N) is 3. The molecule has 0 spiro atoms. The van der Waals surface area contributed by atoms with E-state index in [1.54, 1.807) is 4.68 Å². The highest BCUT2D eigenvalue weighted by atomic mass is 16.6. The zero-order chi connectivity index (χ0) is 17.9. The van der Waals surface area contributed by atoms with E-state index in [1.165, 1.54) is 6.92 Å². The third kappa shape index (κ3) is 3.51. The van der Waals surface area contributed by atoms with Crippen LogP contribution in [0.1, 0.15) is 6.92 Å². The number of benzene rings is 2. The minimum atomic E-state index is -0.124. The average Bonchev–Trinajstić information content (AvgIpc) is 3.10. The first-order valence-corrected chi connectivity index (χ1v) is 8.34. The van der Waals surface area contributed by atoms with E-state index in [0.29, 0.717) is 13.2 Å². The van der Waals surface area contributed by atoms with Crippen molar-refractivity contribution in [2.45, 2.75) is 19.6 Å². The summed E-state index contributed by atoms with van der Waals surface area (Å²) in [6.45, 7) is 2.50. The predicted octanol–water partition coefficient (Wildman–Crippen LogP) is 2.74. The van der Waals surface area contributed by atoms with E-state index in [2.05, 4.69) is 15.6 Å². The van der Waals surface area contributed by atoms with Crippen molar-refractivity contribution in [3.8, 4) is 22.8 Å². The largest absolute Gasteiger partial charge is 0.486 e. The Labute approximate surface area is 150 Å². The molecule has 132 valence electrons. The molecule has 7 heteroatoms. The SMILES string of the molecule is CC(=O)Nc1ccc(-c2cn(CC3COc4ccccc4O3)nn2)cc1. The average molecular weight is 350 g/mol. The molecule has 1 amide bonds. The lowest BCUT2D eigenvalue weighted by atomic mass is 10.1. The van der Waals surface area contributed by atoms with Crippen LogP contribution in [-0.2, 0) is 11.3 Å². The Bertz CT molecular complexity index is 921. The van der Waals surface area contributed by atoms with Gasteiger partial charge in [0.15, 0.2) is 17.6 Å². The highest BCUT2D eigenvalue weighted by Crippen LogP contribution is 2.31. The van der Waals surface area contributed by atoms with Gasteiger partial charge in [0.1, 0.15) is 12.3 Å². The van der Waals surface area contributed by atoms with Crippen LogP contribution < -0.4 is 14.8 Å². The Morgan fingerprint density at radius 2 is 1.96 bits per heavy atom. The number of aromatic nitrogens is 3. The number of nitrogens with one attached hydrogen (secondary N) is 1. The Balaban J connectivity index is 1.43. The second kappa shape index (κ2) is 6.87. The minimum absolute atomic E-state index is 0.0973. The maximum Gasteiger partial charge on any atom is 0.221 e. The van der Waals surface area contributed by atoms with Crippen LogP contribution in [-0.4, -0.2) is 33.6 Å². The van der Waals surface area contributed by atoms with Gasteiger partial charge in [-0.05, 0) is 24.3 Å². The summed E-state index contributed by atoms with van der Waals surface area (Å²) in [6.07, 6.45) is 1.75. The van der Waals surface area contributed by atoms with Crippen molar-refractivity contribution in [1.29, 1.82) is 0 Å². The third-order valence-electron chi connectivity index (χ3n) is 4.00. The summed E-state index contributed by atoms with van der Waals surface area (Å²) < 4.78 is 13.4. The predicted molar refractivity (Wildman–Crippen MR) is 96.1 cm³/mol. The van der Waals surface area contributed by atoms with Crippen LogP contribution in [0.25, 0.3) is 11.3 Å². The quantitative estimate of drug-likeness (QED) is 0.783. The minimum Gasteiger partial charge on any atom is -0.486 e. The zero-order valence-corrected chi connectivity index (χ0v) is 14.3. The van der Waals surface area contributed by atoms with Crippen molar-refractivity contribution in [1.82, 2.24) is 15.0 Å². The number of anilines is 1. The molecule has 0 fully saturated rings. The van der Waals surface area contributed by atoms with E-state index in [-0.39, 0.29) is 12.0 Å². The molecule has 1 aromatic heterocycles. The fourth-order valence-electron chi connectivity index (χ4n) is 2.81. The molecule has 1 atom stereocenters. The molecule has 0 saturated heterocycles. The summed E-state index contributed by atoms with van der Waals surface area (Å²) in [4.78, 5) is 11.1. The van der Waals surface area contributed by atoms with Gasteiger partial charge in [-0.2, -0.15) is 0 Å². The topological polar surface area (TPSA) is 78.3 Å². The molecule has 3 aromatic rings. The molecule has 1 aliphatic heterocycles. The number of amides is 1. The van der Waals surface area contributed by atoms with Gasteiger partial charge in [0.2, 0.25) is 5.91 Å². The maximum absolute atomic E-state index is 11.1. The Morgan fingerprint density at radius 1 is 1.19 bits per heavy atom. The molecule has 1 aliphatic rings. The van der Waals surface area contributed by atoms with Crippen LogP contribution in [0.15, 0.2) is 54.7 Å². The standard InChI is InChI=1S/C19H18N4O3/c1-13(24)20-15-8-6-14(7-9-15)17-11-23(22-21-17)10-16-12-25-18-4-2-3-5-19(18)26-16/h2-9,11,16H,10,12H2,1H3,(H,20,24). The van der Waals surface area contributed by atoms with E-state index in [9.17, 15) is 4.79 Å². The molecular weight excluding hydrogens is 332 g/mol. The molecule has 0 aliphatic carbocycles. The van der Waals surface area contributed by atoms with Gasteiger partial charge in [-0.25, -0.2) is 4.68 Å². The molecule has 0 radical (unpaired) electrons. The second-order valence-corrected chi connectivity index (χ2v) is 6.08. The molecule has 7 nitrogen and oxygen atoms in total.